The molecule has 0 aliphatic heterocycles. The molecule has 0 bridgehead atoms. The first-order valence-electron chi connectivity index (χ1n) is 17.0. The summed E-state index contributed by atoms with van der Waals surface area (Å²) < 4.78 is 0. The Kier molecular flexibility index (Phi) is 7.25. The van der Waals surface area contributed by atoms with Crippen LogP contribution in [0.2, 0.25) is 0 Å². The molecule has 3 heteroatoms. The smallest absolute Gasteiger partial charge is 0.164 e. The summed E-state index contributed by atoms with van der Waals surface area (Å²) in [5.41, 5.74) is 9.88. The maximum Gasteiger partial charge on any atom is 0.164 e. The number of benzene rings is 8. The Labute approximate surface area is 291 Å². The fraction of sp³-hybridized carbons (Fsp3) is 0.0426. The topological polar surface area (TPSA) is 38.7 Å². The molecule has 3 nitrogen and oxygen atoms in total. The van der Waals surface area contributed by atoms with Crippen molar-refractivity contribution in [3.63, 3.8) is 0 Å². The van der Waals surface area contributed by atoms with Crippen molar-refractivity contribution < 1.29 is 0 Å². The normalized spacial score (nSPS) is 11.4. The number of hydrogen-bond donors (Lipinski definition) is 0. The molecular formula is C47H33N3. The first kappa shape index (κ1) is 29.7. The molecule has 9 aromatic rings. The van der Waals surface area contributed by atoms with Gasteiger partial charge < -0.3 is 0 Å². The zero-order chi connectivity index (χ0) is 33.6. The van der Waals surface area contributed by atoms with E-state index in [1.54, 1.807) is 0 Å². The largest absolute Gasteiger partial charge is 0.208 e. The Balaban J connectivity index is 1.13. The highest BCUT2D eigenvalue weighted by molar-refractivity contribution is 6.25. The number of rotatable bonds is 5. The van der Waals surface area contributed by atoms with Crippen LogP contribution >= 0.6 is 0 Å². The van der Waals surface area contributed by atoms with Gasteiger partial charge in [-0.3, -0.25) is 0 Å². The molecule has 50 heavy (non-hydrogen) atoms. The van der Waals surface area contributed by atoms with Gasteiger partial charge in [-0.05, 0) is 86.6 Å². The van der Waals surface area contributed by atoms with Crippen molar-refractivity contribution in [1.29, 1.82) is 0 Å². The van der Waals surface area contributed by atoms with Gasteiger partial charge in [0.05, 0.1) is 0 Å². The van der Waals surface area contributed by atoms with E-state index >= 15 is 0 Å². The summed E-state index contributed by atoms with van der Waals surface area (Å²) in [5.74, 6) is 1.97. The minimum absolute atomic E-state index is 0.651. The lowest BCUT2D eigenvalue weighted by Gasteiger charge is -2.13. The summed E-state index contributed by atoms with van der Waals surface area (Å²) in [6, 6.07) is 58.4. The Morgan fingerprint density at radius 3 is 1.08 bits per heavy atom. The van der Waals surface area contributed by atoms with Crippen LogP contribution in [0, 0.1) is 13.8 Å². The summed E-state index contributed by atoms with van der Waals surface area (Å²) in [7, 11) is 0. The van der Waals surface area contributed by atoms with Crippen molar-refractivity contribution in [1.82, 2.24) is 15.0 Å². The van der Waals surface area contributed by atoms with Gasteiger partial charge >= 0.3 is 0 Å². The molecule has 0 saturated carbocycles. The van der Waals surface area contributed by atoms with E-state index in [0.29, 0.717) is 17.5 Å². The molecule has 0 N–H and O–H groups in total. The van der Waals surface area contributed by atoms with Crippen molar-refractivity contribution in [3.8, 4) is 56.4 Å². The minimum atomic E-state index is 0.651. The second-order valence-electron chi connectivity index (χ2n) is 13.1. The van der Waals surface area contributed by atoms with E-state index < -0.39 is 0 Å². The van der Waals surface area contributed by atoms with E-state index in [-0.39, 0.29) is 0 Å². The summed E-state index contributed by atoms with van der Waals surface area (Å²) in [5, 5.41) is 7.69. The molecule has 0 aliphatic rings. The Morgan fingerprint density at radius 1 is 0.260 bits per heavy atom. The number of fused-ring (bicyclic) bond motifs is 6. The van der Waals surface area contributed by atoms with Crippen molar-refractivity contribution in [2.75, 3.05) is 0 Å². The van der Waals surface area contributed by atoms with E-state index in [0.717, 1.165) is 27.8 Å². The van der Waals surface area contributed by atoms with Gasteiger partial charge in [0, 0.05) is 16.7 Å². The average Bonchev–Trinajstić information content (AvgIpc) is 3.18. The summed E-state index contributed by atoms with van der Waals surface area (Å²) in [6.07, 6.45) is 0. The number of aryl methyl sites for hydroxylation is 2. The first-order valence-corrected chi connectivity index (χ1v) is 17.0. The highest BCUT2D eigenvalue weighted by atomic mass is 15.0. The molecule has 0 spiro atoms. The predicted molar refractivity (Wildman–Crippen MR) is 209 cm³/mol. The van der Waals surface area contributed by atoms with Gasteiger partial charge in [-0.2, -0.15) is 0 Å². The molecule has 0 aliphatic carbocycles. The molecule has 0 atom stereocenters. The lowest BCUT2D eigenvalue weighted by atomic mass is 9.91. The summed E-state index contributed by atoms with van der Waals surface area (Å²) in [6.45, 7) is 4.18. The zero-order valence-corrected chi connectivity index (χ0v) is 27.9. The van der Waals surface area contributed by atoms with E-state index in [4.69, 9.17) is 15.0 Å². The Morgan fingerprint density at radius 2 is 0.600 bits per heavy atom. The van der Waals surface area contributed by atoms with Crippen LogP contribution in [-0.4, -0.2) is 15.0 Å². The molecule has 9 rings (SSSR count). The Bertz CT molecular complexity index is 2610. The summed E-state index contributed by atoms with van der Waals surface area (Å²) >= 11 is 0. The molecule has 8 aromatic carbocycles. The van der Waals surface area contributed by atoms with Gasteiger partial charge in [0.2, 0.25) is 0 Å². The van der Waals surface area contributed by atoms with Crippen LogP contribution in [0.25, 0.3) is 88.7 Å². The van der Waals surface area contributed by atoms with E-state index in [2.05, 4.69) is 178 Å². The standard InChI is InChI=1S/C47H33N3/c1-30-17-21-32(22-18-30)45-48-46(33-23-19-31(2)20-24-33)50-47(49-45)38-12-8-11-36(28-38)34-9-7-10-35(27-34)37-25-26-43-41-15-4-3-13-39(41)40-14-5-6-16-42(40)44(43)29-37/h3-29H,1-2H3. The van der Waals surface area contributed by atoms with E-state index in [1.807, 2.05) is 0 Å². The van der Waals surface area contributed by atoms with Crippen molar-refractivity contribution in [3.05, 3.63) is 175 Å². The van der Waals surface area contributed by atoms with Crippen molar-refractivity contribution >= 4 is 32.3 Å². The fourth-order valence-corrected chi connectivity index (χ4v) is 6.97. The quantitative estimate of drug-likeness (QED) is 0.176. The van der Waals surface area contributed by atoms with E-state index in [1.165, 1.54) is 54.6 Å². The van der Waals surface area contributed by atoms with Gasteiger partial charge in [-0.15, -0.1) is 0 Å². The van der Waals surface area contributed by atoms with Gasteiger partial charge in [0.15, 0.2) is 17.5 Å². The summed E-state index contributed by atoms with van der Waals surface area (Å²) in [4.78, 5) is 14.9. The van der Waals surface area contributed by atoms with Gasteiger partial charge in [-0.25, -0.2) is 15.0 Å². The molecule has 0 unspecified atom stereocenters. The van der Waals surface area contributed by atoms with Crippen LogP contribution in [0.15, 0.2) is 164 Å². The van der Waals surface area contributed by atoms with Crippen LogP contribution in [-0.2, 0) is 0 Å². The third kappa shape index (κ3) is 5.39. The monoisotopic (exact) mass is 639 g/mol. The van der Waals surface area contributed by atoms with Crippen LogP contribution in [0.3, 0.4) is 0 Å². The van der Waals surface area contributed by atoms with E-state index in [9.17, 15) is 0 Å². The number of aromatic nitrogens is 3. The SMILES string of the molecule is Cc1ccc(-c2nc(-c3ccc(C)cc3)nc(-c3cccc(-c4cccc(-c5ccc6c7ccccc7c7ccccc7c6c5)c4)c3)n2)cc1. The second-order valence-corrected chi connectivity index (χ2v) is 13.1. The lowest BCUT2D eigenvalue weighted by Crippen LogP contribution is -2.00. The molecule has 0 radical (unpaired) electrons. The molecule has 0 saturated heterocycles. The molecule has 0 fully saturated rings. The number of nitrogens with zero attached hydrogens (tertiary/aromatic N) is 3. The lowest BCUT2D eigenvalue weighted by molar-refractivity contribution is 1.07. The second kappa shape index (κ2) is 12.2. The van der Waals surface area contributed by atoms with Crippen LogP contribution in [0.5, 0.6) is 0 Å². The third-order valence-corrected chi connectivity index (χ3v) is 9.65. The van der Waals surface area contributed by atoms with Crippen LogP contribution in [0.4, 0.5) is 0 Å². The third-order valence-electron chi connectivity index (χ3n) is 9.65. The minimum Gasteiger partial charge on any atom is -0.208 e. The highest BCUT2D eigenvalue weighted by Crippen LogP contribution is 2.38. The van der Waals surface area contributed by atoms with Gasteiger partial charge in [-0.1, -0.05) is 157 Å². The predicted octanol–water partition coefficient (Wildman–Crippen LogP) is 12.3. The Hall–Kier alpha value is -6.45. The zero-order valence-electron chi connectivity index (χ0n) is 27.9. The van der Waals surface area contributed by atoms with Gasteiger partial charge in [0.25, 0.3) is 0 Å². The average molecular weight is 640 g/mol. The molecular weight excluding hydrogens is 607 g/mol. The number of hydrogen-bond acceptors (Lipinski definition) is 3. The van der Waals surface area contributed by atoms with Gasteiger partial charge in [0.1, 0.15) is 0 Å². The molecule has 1 heterocycles. The fourth-order valence-electron chi connectivity index (χ4n) is 6.97. The molecule has 0 amide bonds. The highest BCUT2D eigenvalue weighted by Gasteiger charge is 2.14. The first-order chi connectivity index (χ1) is 24.6. The maximum atomic E-state index is 5.00. The van der Waals surface area contributed by atoms with Crippen LogP contribution in [0.1, 0.15) is 11.1 Å². The molecule has 236 valence electrons. The van der Waals surface area contributed by atoms with Crippen LogP contribution < -0.4 is 0 Å². The van der Waals surface area contributed by atoms with Crippen molar-refractivity contribution in [2.24, 2.45) is 0 Å². The maximum absolute atomic E-state index is 5.00. The van der Waals surface area contributed by atoms with Crippen molar-refractivity contribution in [2.45, 2.75) is 13.8 Å². The molecule has 1 aromatic heterocycles.